The summed E-state index contributed by atoms with van der Waals surface area (Å²) in [6.45, 7) is 2.11. The largest absolute Gasteiger partial charge is 0.508 e. The van der Waals surface area contributed by atoms with E-state index in [-0.39, 0.29) is 5.75 Å². The molecular weight excluding hydrogens is 338 g/mol. The van der Waals surface area contributed by atoms with Crippen molar-refractivity contribution in [3.05, 3.63) is 70.7 Å². The van der Waals surface area contributed by atoms with Gasteiger partial charge in [0.15, 0.2) is 0 Å². The van der Waals surface area contributed by atoms with Crippen LogP contribution in [0.5, 0.6) is 5.75 Å². The molecule has 0 spiro atoms. The van der Waals surface area contributed by atoms with E-state index >= 15 is 0 Å². The van der Waals surface area contributed by atoms with Crippen LogP contribution in [0.1, 0.15) is 5.56 Å². The zero-order valence-corrected chi connectivity index (χ0v) is 13.6. The molecule has 0 saturated heterocycles. The molecule has 0 aliphatic heterocycles. The molecule has 0 fully saturated rings. The number of rotatable bonds is 1. The first-order chi connectivity index (χ1) is 10.6. The van der Waals surface area contributed by atoms with Crippen molar-refractivity contribution in [3.8, 4) is 11.4 Å². The molecule has 0 atom stereocenters. The number of phenols is 1. The molecule has 108 valence electrons. The highest BCUT2D eigenvalue weighted by atomic mass is 79.9. The van der Waals surface area contributed by atoms with Crippen LogP contribution in [0.15, 0.2) is 65.1 Å². The highest BCUT2D eigenvalue weighted by Gasteiger charge is 2.12. The molecule has 0 unspecified atom stereocenters. The highest BCUT2D eigenvalue weighted by Crippen LogP contribution is 2.34. The number of hydrogen-bond donors (Lipinski definition) is 1. The third-order valence-corrected chi connectivity index (χ3v) is 4.48. The quantitative estimate of drug-likeness (QED) is 0.477. The smallest absolute Gasteiger partial charge is 0.115 e. The average Bonchev–Trinajstić information content (AvgIpc) is 2.81. The van der Waals surface area contributed by atoms with E-state index in [1.165, 1.54) is 21.9 Å². The Labute approximate surface area is 136 Å². The molecule has 0 saturated carbocycles. The standard InChI is InChI=1S/C19H14BrNO/c1-12-2-8-18-16(10-12)17-11-13(20)3-9-19(17)21(18)14-4-6-15(22)7-5-14/h2-11,22H,1H3. The van der Waals surface area contributed by atoms with Crippen molar-refractivity contribution >= 4 is 37.7 Å². The van der Waals surface area contributed by atoms with Gasteiger partial charge in [-0.25, -0.2) is 0 Å². The number of nitrogens with zero attached hydrogens (tertiary/aromatic N) is 1. The Balaban J connectivity index is 2.17. The van der Waals surface area contributed by atoms with Gasteiger partial charge in [-0.1, -0.05) is 27.6 Å². The minimum Gasteiger partial charge on any atom is -0.508 e. The molecule has 0 radical (unpaired) electrons. The lowest BCUT2D eigenvalue weighted by Crippen LogP contribution is -1.93. The second kappa shape index (κ2) is 4.89. The molecule has 22 heavy (non-hydrogen) atoms. The number of benzene rings is 3. The summed E-state index contributed by atoms with van der Waals surface area (Å²) in [7, 11) is 0. The molecule has 0 bridgehead atoms. The summed E-state index contributed by atoms with van der Waals surface area (Å²) in [6, 6.07) is 20.2. The SMILES string of the molecule is Cc1ccc2c(c1)c1cc(Br)ccc1n2-c1ccc(O)cc1. The van der Waals surface area contributed by atoms with Gasteiger partial charge in [0.05, 0.1) is 11.0 Å². The van der Waals surface area contributed by atoms with Crippen molar-refractivity contribution in [1.29, 1.82) is 0 Å². The molecule has 4 aromatic rings. The van der Waals surface area contributed by atoms with Crippen LogP contribution in [-0.4, -0.2) is 9.67 Å². The van der Waals surface area contributed by atoms with Crippen LogP contribution in [0.3, 0.4) is 0 Å². The Morgan fingerprint density at radius 3 is 2.18 bits per heavy atom. The first-order valence-corrected chi connectivity index (χ1v) is 7.92. The van der Waals surface area contributed by atoms with Gasteiger partial charge in [-0.3, -0.25) is 0 Å². The van der Waals surface area contributed by atoms with Gasteiger partial charge < -0.3 is 9.67 Å². The average molecular weight is 352 g/mol. The van der Waals surface area contributed by atoms with Crippen LogP contribution in [0, 0.1) is 6.92 Å². The van der Waals surface area contributed by atoms with E-state index in [4.69, 9.17) is 0 Å². The third kappa shape index (κ3) is 2.01. The number of aromatic hydroxyl groups is 1. The Kier molecular flexibility index (Phi) is 2.98. The summed E-state index contributed by atoms with van der Waals surface area (Å²) in [6.07, 6.45) is 0. The van der Waals surface area contributed by atoms with Crippen LogP contribution >= 0.6 is 15.9 Å². The van der Waals surface area contributed by atoms with Crippen LogP contribution in [0.25, 0.3) is 27.5 Å². The summed E-state index contributed by atoms with van der Waals surface area (Å²) < 4.78 is 3.31. The van der Waals surface area contributed by atoms with E-state index in [1.807, 2.05) is 12.1 Å². The van der Waals surface area contributed by atoms with E-state index in [1.54, 1.807) is 12.1 Å². The lowest BCUT2D eigenvalue weighted by atomic mass is 10.1. The number of phenolic OH excluding ortho intramolecular Hbond substituents is 1. The van der Waals surface area contributed by atoms with Crippen molar-refractivity contribution in [3.63, 3.8) is 0 Å². The fourth-order valence-electron chi connectivity index (χ4n) is 2.99. The van der Waals surface area contributed by atoms with Gasteiger partial charge in [0.2, 0.25) is 0 Å². The molecular formula is C19H14BrNO. The fourth-order valence-corrected chi connectivity index (χ4v) is 3.35. The van der Waals surface area contributed by atoms with Crippen LogP contribution < -0.4 is 0 Å². The maximum atomic E-state index is 9.54. The van der Waals surface area contributed by atoms with Crippen molar-refractivity contribution < 1.29 is 5.11 Å². The number of aromatic nitrogens is 1. The molecule has 1 N–H and O–H groups in total. The van der Waals surface area contributed by atoms with E-state index in [0.717, 1.165) is 15.7 Å². The van der Waals surface area contributed by atoms with Crippen molar-refractivity contribution in [2.24, 2.45) is 0 Å². The Morgan fingerprint density at radius 2 is 1.45 bits per heavy atom. The van der Waals surface area contributed by atoms with E-state index in [0.29, 0.717) is 0 Å². The van der Waals surface area contributed by atoms with Gasteiger partial charge >= 0.3 is 0 Å². The van der Waals surface area contributed by atoms with Gasteiger partial charge in [-0.2, -0.15) is 0 Å². The normalized spacial score (nSPS) is 11.4. The van der Waals surface area contributed by atoms with E-state index in [9.17, 15) is 5.11 Å². The van der Waals surface area contributed by atoms with Crippen LogP contribution in [0.2, 0.25) is 0 Å². The van der Waals surface area contributed by atoms with Crippen molar-refractivity contribution in [2.75, 3.05) is 0 Å². The monoisotopic (exact) mass is 351 g/mol. The Bertz CT molecular complexity index is 940. The topological polar surface area (TPSA) is 25.2 Å². The number of fused-ring (bicyclic) bond motifs is 3. The Hall–Kier alpha value is -2.26. The zero-order valence-electron chi connectivity index (χ0n) is 12.0. The van der Waals surface area contributed by atoms with Crippen molar-refractivity contribution in [1.82, 2.24) is 4.57 Å². The van der Waals surface area contributed by atoms with Gasteiger partial charge in [0.25, 0.3) is 0 Å². The molecule has 0 amide bonds. The van der Waals surface area contributed by atoms with Crippen LogP contribution in [-0.2, 0) is 0 Å². The van der Waals surface area contributed by atoms with Gasteiger partial charge in [-0.05, 0) is 61.5 Å². The van der Waals surface area contributed by atoms with Crippen LogP contribution in [0.4, 0.5) is 0 Å². The summed E-state index contributed by atoms with van der Waals surface area (Å²) in [4.78, 5) is 0. The van der Waals surface area contributed by atoms with Gasteiger partial charge in [0.1, 0.15) is 5.75 Å². The summed E-state index contributed by atoms with van der Waals surface area (Å²) in [5, 5.41) is 12.0. The molecule has 3 aromatic carbocycles. The lowest BCUT2D eigenvalue weighted by Gasteiger charge is -2.08. The first kappa shape index (κ1) is 13.4. The molecule has 4 rings (SSSR count). The molecule has 0 aliphatic carbocycles. The minimum absolute atomic E-state index is 0.281. The molecule has 2 nitrogen and oxygen atoms in total. The third-order valence-electron chi connectivity index (χ3n) is 3.99. The van der Waals surface area contributed by atoms with E-state index in [2.05, 4.69) is 63.8 Å². The number of aryl methyl sites for hydroxylation is 1. The van der Waals surface area contributed by atoms with Crippen molar-refractivity contribution in [2.45, 2.75) is 6.92 Å². The predicted molar refractivity (Wildman–Crippen MR) is 94.9 cm³/mol. The second-order valence-corrected chi connectivity index (χ2v) is 6.45. The number of hydrogen-bond acceptors (Lipinski definition) is 1. The maximum Gasteiger partial charge on any atom is 0.115 e. The first-order valence-electron chi connectivity index (χ1n) is 7.13. The second-order valence-electron chi connectivity index (χ2n) is 5.53. The summed E-state index contributed by atoms with van der Waals surface area (Å²) in [5.74, 6) is 0.281. The number of halogens is 1. The van der Waals surface area contributed by atoms with Gasteiger partial charge in [-0.15, -0.1) is 0 Å². The van der Waals surface area contributed by atoms with E-state index < -0.39 is 0 Å². The summed E-state index contributed by atoms with van der Waals surface area (Å²) >= 11 is 3.57. The Morgan fingerprint density at radius 1 is 0.818 bits per heavy atom. The molecule has 1 heterocycles. The fraction of sp³-hybridized carbons (Fsp3) is 0.0526. The lowest BCUT2D eigenvalue weighted by molar-refractivity contribution is 0.475. The highest BCUT2D eigenvalue weighted by molar-refractivity contribution is 9.10. The molecule has 3 heteroatoms. The minimum atomic E-state index is 0.281. The summed E-state index contributed by atoms with van der Waals surface area (Å²) in [5.41, 5.74) is 4.63. The predicted octanol–water partition coefficient (Wildman–Crippen LogP) is 5.56. The molecule has 0 aliphatic rings. The van der Waals surface area contributed by atoms with Gasteiger partial charge in [0, 0.05) is 20.9 Å². The molecule has 1 aromatic heterocycles. The maximum absolute atomic E-state index is 9.54. The zero-order chi connectivity index (χ0) is 15.3.